The van der Waals surface area contributed by atoms with E-state index in [2.05, 4.69) is 15.3 Å². The third kappa shape index (κ3) is 5.25. The first kappa shape index (κ1) is 26.1. The van der Waals surface area contributed by atoms with Gasteiger partial charge in [0.25, 0.3) is 5.91 Å². The molecular weight excluding hydrogens is 484 g/mol. The number of hydrogen-bond donors (Lipinski definition) is 2. The summed E-state index contributed by atoms with van der Waals surface area (Å²) in [5.74, 6) is 1.88. The molecule has 0 aliphatic heterocycles. The number of pyridine rings is 1. The van der Waals surface area contributed by atoms with E-state index in [0.717, 1.165) is 22.1 Å². The Labute approximate surface area is 220 Å². The fraction of sp³-hybridized carbons (Fsp3) is 0.207. The number of benzene rings is 2. The number of carbonyl (C=O) groups excluding carboxylic acids is 1. The number of nitriles is 1. The van der Waals surface area contributed by atoms with Crippen molar-refractivity contribution in [3.8, 4) is 40.2 Å². The highest BCUT2D eigenvalue weighted by Gasteiger charge is 2.17. The van der Waals surface area contributed by atoms with Gasteiger partial charge in [-0.3, -0.25) is 4.79 Å². The number of ether oxygens (including phenoxy) is 4. The number of aromatic nitrogens is 2. The van der Waals surface area contributed by atoms with Gasteiger partial charge in [-0.15, -0.1) is 0 Å². The molecule has 0 radical (unpaired) electrons. The Kier molecular flexibility index (Phi) is 7.83. The molecule has 194 valence electrons. The van der Waals surface area contributed by atoms with E-state index in [4.69, 9.17) is 18.9 Å². The van der Waals surface area contributed by atoms with Crippen LogP contribution in [-0.4, -0.2) is 44.3 Å². The van der Waals surface area contributed by atoms with Crippen molar-refractivity contribution in [1.82, 2.24) is 15.3 Å². The van der Waals surface area contributed by atoms with Crippen LogP contribution in [0.1, 0.15) is 24.1 Å². The van der Waals surface area contributed by atoms with Gasteiger partial charge in [-0.1, -0.05) is 12.1 Å². The molecule has 9 nitrogen and oxygen atoms in total. The van der Waals surface area contributed by atoms with Crippen LogP contribution in [0.5, 0.6) is 23.0 Å². The molecule has 4 aromatic rings. The second-order valence-electron chi connectivity index (χ2n) is 8.41. The van der Waals surface area contributed by atoms with Crippen LogP contribution >= 0.6 is 0 Å². The largest absolute Gasteiger partial charge is 0.493 e. The van der Waals surface area contributed by atoms with E-state index in [9.17, 15) is 10.1 Å². The zero-order chi connectivity index (χ0) is 27.2. The lowest BCUT2D eigenvalue weighted by Gasteiger charge is -2.16. The van der Waals surface area contributed by atoms with Gasteiger partial charge in [-0.05, 0) is 54.5 Å². The van der Waals surface area contributed by atoms with Gasteiger partial charge in [0.2, 0.25) is 0 Å². The maximum atomic E-state index is 13.0. The lowest BCUT2D eigenvalue weighted by molar-refractivity contribution is -0.117. The smallest absolute Gasteiger partial charge is 0.262 e. The zero-order valence-electron chi connectivity index (χ0n) is 21.8. The number of hydrogen-bond acceptors (Lipinski definition) is 7. The molecule has 0 aliphatic carbocycles. The SMILES string of the molecule is COc1ccc(-c2cnc3[nH]cc(/C=C(\C#N)C(=O)N[C@H](C)c4ccc(OC)c(OC)c4)c3c2)cc1OC. The first-order chi connectivity index (χ1) is 18.4. The predicted molar refractivity (Wildman–Crippen MR) is 144 cm³/mol. The van der Waals surface area contributed by atoms with Crippen LogP contribution < -0.4 is 24.3 Å². The fourth-order valence-corrected chi connectivity index (χ4v) is 4.10. The average Bonchev–Trinajstić information content (AvgIpc) is 3.36. The summed E-state index contributed by atoms with van der Waals surface area (Å²) in [5, 5.41) is 13.4. The monoisotopic (exact) mass is 512 g/mol. The molecule has 9 heteroatoms. The Morgan fingerprint density at radius 2 is 1.61 bits per heavy atom. The van der Waals surface area contributed by atoms with Gasteiger partial charge >= 0.3 is 0 Å². The van der Waals surface area contributed by atoms with Crippen LogP contribution in [0.15, 0.2) is 60.4 Å². The number of H-pyrrole nitrogens is 1. The fourth-order valence-electron chi connectivity index (χ4n) is 4.10. The summed E-state index contributed by atoms with van der Waals surface area (Å²) < 4.78 is 21.4. The van der Waals surface area contributed by atoms with E-state index in [1.165, 1.54) is 0 Å². The molecule has 0 aliphatic rings. The summed E-state index contributed by atoms with van der Waals surface area (Å²) in [5.41, 5.74) is 3.81. The van der Waals surface area contributed by atoms with Crippen molar-refractivity contribution in [3.63, 3.8) is 0 Å². The Balaban J connectivity index is 1.61. The van der Waals surface area contributed by atoms with Crippen LogP contribution in [0.25, 0.3) is 28.2 Å². The molecule has 38 heavy (non-hydrogen) atoms. The third-order valence-electron chi connectivity index (χ3n) is 6.20. The van der Waals surface area contributed by atoms with Crippen LogP contribution in [0, 0.1) is 11.3 Å². The molecule has 0 saturated carbocycles. The molecule has 1 atom stereocenters. The Morgan fingerprint density at radius 1 is 0.947 bits per heavy atom. The third-order valence-corrected chi connectivity index (χ3v) is 6.20. The van der Waals surface area contributed by atoms with Crippen molar-refractivity contribution in [1.29, 1.82) is 5.26 Å². The minimum atomic E-state index is -0.492. The molecule has 0 saturated heterocycles. The number of amides is 1. The summed E-state index contributed by atoms with van der Waals surface area (Å²) >= 11 is 0. The Hall–Kier alpha value is -4.97. The maximum Gasteiger partial charge on any atom is 0.262 e. The zero-order valence-corrected chi connectivity index (χ0v) is 21.8. The second kappa shape index (κ2) is 11.4. The molecule has 0 bridgehead atoms. The van der Waals surface area contributed by atoms with Crippen LogP contribution in [0.3, 0.4) is 0 Å². The Morgan fingerprint density at radius 3 is 2.26 bits per heavy atom. The summed E-state index contributed by atoms with van der Waals surface area (Å²) in [6, 6.07) is 14.6. The van der Waals surface area contributed by atoms with E-state index in [1.54, 1.807) is 59.0 Å². The number of rotatable bonds is 9. The minimum absolute atomic E-state index is 0.0326. The summed E-state index contributed by atoms with van der Waals surface area (Å²) in [4.78, 5) is 20.6. The van der Waals surface area contributed by atoms with Crippen molar-refractivity contribution >= 4 is 23.0 Å². The normalized spacial score (nSPS) is 11.9. The van der Waals surface area contributed by atoms with Gasteiger partial charge in [-0.2, -0.15) is 5.26 Å². The van der Waals surface area contributed by atoms with Crippen molar-refractivity contribution < 1.29 is 23.7 Å². The quantitative estimate of drug-likeness (QED) is 0.238. The number of nitrogens with one attached hydrogen (secondary N) is 2. The predicted octanol–water partition coefficient (Wildman–Crippen LogP) is 5.05. The summed E-state index contributed by atoms with van der Waals surface area (Å²) in [6.45, 7) is 1.83. The highest BCUT2D eigenvalue weighted by molar-refractivity contribution is 6.04. The van der Waals surface area contributed by atoms with Gasteiger partial charge in [0.15, 0.2) is 23.0 Å². The first-order valence-electron chi connectivity index (χ1n) is 11.8. The first-order valence-corrected chi connectivity index (χ1v) is 11.8. The van der Waals surface area contributed by atoms with Crippen molar-refractivity contribution in [2.24, 2.45) is 0 Å². The van der Waals surface area contributed by atoms with Gasteiger partial charge < -0.3 is 29.2 Å². The molecule has 2 N–H and O–H groups in total. The van der Waals surface area contributed by atoms with Gasteiger partial charge in [0.05, 0.1) is 34.5 Å². The number of carbonyl (C=O) groups is 1. The van der Waals surface area contributed by atoms with Gasteiger partial charge in [-0.25, -0.2) is 4.98 Å². The number of fused-ring (bicyclic) bond motifs is 1. The lowest BCUT2D eigenvalue weighted by Crippen LogP contribution is -2.27. The number of aromatic amines is 1. The molecule has 1 amide bonds. The molecule has 0 spiro atoms. The Bertz CT molecular complexity index is 1550. The summed E-state index contributed by atoms with van der Waals surface area (Å²) in [7, 11) is 6.28. The molecule has 0 unspecified atom stereocenters. The average molecular weight is 513 g/mol. The number of methoxy groups -OCH3 is 4. The van der Waals surface area contributed by atoms with E-state index < -0.39 is 5.91 Å². The molecule has 2 aromatic carbocycles. The van der Waals surface area contributed by atoms with E-state index in [-0.39, 0.29) is 11.6 Å². The molecule has 2 heterocycles. The maximum absolute atomic E-state index is 13.0. The van der Waals surface area contributed by atoms with Crippen molar-refractivity contribution in [3.05, 3.63) is 71.6 Å². The van der Waals surface area contributed by atoms with E-state index in [0.29, 0.717) is 34.2 Å². The number of nitrogens with zero attached hydrogens (tertiary/aromatic N) is 2. The van der Waals surface area contributed by atoms with E-state index >= 15 is 0 Å². The van der Waals surface area contributed by atoms with Crippen LogP contribution in [0.4, 0.5) is 0 Å². The lowest BCUT2D eigenvalue weighted by atomic mass is 10.0. The molecule has 2 aromatic heterocycles. The van der Waals surface area contributed by atoms with E-state index in [1.807, 2.05) is 43.3 Å². The van der Waals surface area contributed by atoms with Gasteiger partial charge in [0.1, 0.15) is 17.3 Å². The van der Waals surface area contributed by atoms with Crippen molar-refractivity contribution in [2.75, 3.05) is 28.4 Å². The highest BCUT2D eigenvalue weighted by atomic mass is 16.5. The minimum Gasteiger partial charge on any atom is -0.493 e. The molecule has 0 fully saturated rings. The molecule has 4 rings (SSSR count). The molecular formula is C29H28N4O5. The van der Waals surface area contributed by atoms with Crippen LogP contribution in [-0.2, 0) is 4.79 Å². The van der Waals surface area contributed by atoms with Crippen molar-refractivity contribution in [2.45, 2.75) is 13.0 Å². The second-order valence-corrected chi connectivity index (χ2v) is 8.41. The van der Waals surface area contributed by atoms with Gasteiger partial charge in [0, 0.05) is 28.9 Å². The topological polar surface area (TPSA) is 118 Å². The highest BCUT2D eigenvalue weighted by Crippen LogP contribution is 2.34. The standard InChI is InChI=1S/C29H28N4O5/c1-17(18-6-8-24(35-2)26(12-18)37-4)33-29(34)20(14-30)10-22-16-32-28-23(22)11-21(15-31-28)19-7-9-25(36-3)27(13-19)38-5/h6-13,15-17H,1-5H3,(H,31,32)(H,33,34)/b20-10+/t17-/m1/s1. The summed E-state index contributed by atoms with van der Waals surface area (Å²) in [6.07, 6.45) is 5.02. The van der Waals surface area contributed by atoms with Crippen LogP contribution in [0.2, 0.25) is 0 Å².